The molecule has 0 saturated carbocycles. The molecule has 4 rings (SSSR count). The van der Waals surface area contributed by atoms with E-state index in [1.807, 2.05) is 13.0 Å². The largest absolute Gasteiger partial charge is 0.507 e. The number of carbonyl (C=O) groups excluding carboxylic acids is 1. The number of nitrogens with one attached hydrogen (secondary N) is 1. The molecule has 2 aliphatic rings. The number of rotatable bonds is 5. The van der Waals surface area contributed by atoms with Crippen LogP contribution in [0.3, 0.4) is 0 Å². The van der Waals surface area contributed by atoms with Gasteiger partial charge in [-0.2, -0.15) is 0 Å². The lowest BCUT2D eigenvalue weighted by Crippen LogP contribution is -2.52. The molecule has 7 heteroatoms. The Balaban J connectivity index is 1.78. The minimum Gasteiger partial charge on any atom is -0.507 e. The van der Waals surface area contributed by atoms with E-state index >= 15 is 0 Å². The first-order chi connectivity index (χ1) is 16.0. The van der Waals surface area contributed by atoms with E-state index in [4.69, 9.17) is 14.2 Å². The van der Waals surface area contributed by atoms with Crippen LogP contribution in [0.5, 0.6) is 11.5 Å². The van der Waals surface area contributed by atoms with Crippen LogP contribution < -0.4 is 10.1 Å². The van der Waals surface area contributed by atoms with Crippen LogP contribution in [0.4, 0.5) is 5.69 Å². The fraction of sp³-hybridized carbons (Fsp3) is 0.444. The molecule has 0 aromatic heterocycles. The van der Waals surface area contributed by atoms with Crippen molar-refractivity contribution in [2.45, 2.75) is 50.9 Å². The van der Waals surface area contributed by atoms with Gasteiger partial charge < -0.3 is 29.7 Å². The summed E-state index contributed by atoms with van der Waals surface area (Å²) in [6.45, 7) is 7.06. The highest BCUT2D eigenvalue weighted by atomic mass is 16.5. The maximum atomic E-state index is 12.8. The van der Waals surface area contributed by atoms with Crippen molar-refractivity contribution in [3.05, 3.63) is 59.2 Å². The zero-order valence-electron chi connectivity index (χ0n) is 20.3. The van der Waals surface area contributed by atoms with Crippen LogP contribution in [0.1, 0.15) is 50.3 Å². The molecule has 182 valence electrons. The van der Waals surface area contributed by atoms with Gasteiger partial charge in [0.05, 0.1) is 30.6 Å². The number of phenolic OH excluding ortho intramolecular Hbond substituents is 1. The van der Waals surface area contributed by atoms with Crippen molar-refractivity contribution in [2.24, 2.45) is 5.41 Å². The number of aromatic hydroxyl groups is 1. The molecule has 3 N–H and O–H groups in total. The minimum absolute atomic E-state index is 0.131. The second-order valence-electron chi connectivity index (χ2n) is 10.1. The summed E-state index contributed by atoms with van der Waals surface area (Å²) in [6.07, 6.45) is 4.38. The topological polar surface area (TPSA) is 97.3 Å². The van der Waals surface area contributed by atoms with Gasteiger partial charge in [-0.1, -0.05) is 38.1 Å². The SMILES string of the molecule is COc1ccc([C@@]2(O)c3c(ccc(C=C[C@]4(C)CCC(C)(C)CO4)c3O)NC(=O)[C@@H]2OC)cc1. The summed E-state index contributed by atoms with van der Waals surface area (Å²) >= 11 is 0. The van der Waals surface area contributed by atoms with Crippen LogP contribution in [0, 0.1) is 5.41 Å². The summed E-state index contributed by atoms with van der Waals surface area (Å²) in [5.41, 5.74) is -0.808. The van der Waals surface area contributed by atoms with Gasteiger partial charge in [0, 0.05) is 12.7 Å². The monoisotopic (exact) mass is 467 g/mol. The van der Waals surface area contributed by atoms with Gasteiger partial charge in [-0.3, -0.25) is 4.79 Å². The van der Waals surface area contributed by atoms with Crippen molar-refractivity contribution in [2.75, 3.05) is 26.1 Å². The van der Waals surface area contributed by atoms with Crippen LogP contribution in [0.2, 0.25) is 0 Å². The van der Waals surface area contributed by atoms with Gasteiger partial charge in [0.2, 0.25) is 0 Å². The van der Waals surface area contributed by atoms with E-state index in [-0.39, 0.29) is 16.7 Å². The molecule has 2 heterocycles. The number of amides is 1. The zero-order valence-corrected chi connectivity index (χ0v) is 20.3. The molecule has 1 amide bonds. The van der Waals surface area contributed by atoms with Crippen molar-refractivity contribution >= 4 is 17.7 Å². The number of ether oxygens (including phenoxy) is 3. The van der Waals surface area contributed by atoms with E-state index < -0.39 is 23.2 Å². The third-order valence-corrected chi connectivity index (χ3v) is 6.94. The fourth-order valence-electron chi connectivity index (χ4n) is 4.66. The molecule has 2 aromatic rings. The van der Waals surface area contributed by atoms with E-state index in [1.54, 1.807) is 49.6 Å². The number of benzene rings is 2. The number of carbonyl (C=O) groups is 1. The maximum absolute atomic E-state index is 12.8. The average Bonchev–Trinajstić information content (AvgIpc) is 2.81. The van der Waals surface area contributed by atoms with Crippen molar-refractivity contribution in [3.63, 3.8) is 0 Å². The number of hydrogen-bond donors (Lipinski definition) is 3. The maximum Gasteiger partial charge on any atom is 0.257 e. The van der Waals surface area contributed by atoms with Crippen molar-refractivity contribution in [3.8, 4) is 11.5 Å². The standard InChI is InChI=1S/C27H33NO6/c1-25(2)14-15-26(3,34-16-25)13-12-17-6-11-20-21(22(17)29)27(31,23(33-5)24(30)28-20)18-7-9-19(32-4)10-8-18/h6-13,23,29,31H,14-16H2,1-5H3,(H,28,30)/t23-,26+,27+/m0/s1. The molecule has 34 heavy (non-hydrogen) atoms. The minimum atomic E-state index is -1.91. The Kier molecular flexibility index (Phi) is 6.23. The van der Waals surface area contributed by atoms with Crippen molar-refractivity contribution < 1.29 is 29.2 Å². The van der Waals surface area contributed by atoms with Gasteiger partial charge in [-0.15, -0.1) is 0 Å². The Morgan fingerprint density at radius 3 is 2.38 bits per heavy atom. The lowest BCUT2D eigenvalue weighted by Gasteiger charge is -2.41. The third-order valence-electron chi connectivity index (χ3n) is 6.94. The highest BCUT2D eigenvalue weighted by Gasteiger charge is 2.51. The number of methoxy groups -OCH3 is 2. The lowest BCUT2D eigenvalue weighted by atomic mass is 9.76. The molecule has 2 aromatic carbocycles. The number of aliphatic hydroxyl groups is 1. The summed E-state index contributed by atoms with van der Waals surface area (Å²) < 4.78 is 16.8. The Bertz CT molecular complexity index is 1100. The molecule has 0 aliphatic carbocycles. The average molecular weight is 468 g/mol. The lowest BCUT2D eigenvalue weighted by molar-refractivity contribution is -0.142. The van der Waals surface area contributed by atoms with Gasteiger partial charge in [-0.25, -0.2) is 0 Å². The predicted molar refractivity (Wildman–Crippen MR) is 130 cm³/mol. The molecule has 0 spiro atoms. The molecular formula is C27H33NO6. The van der Waals surface area contributed by atoms with Gasteiger partial charge in [0.1, 0.15) is 11.5 Å². The number of phenols is 1. The quantitative estimate of drug-likeness (QED) is 0.610. The summed E-state index contributed by atoms with van der Waals surface area (Å²) in [5, 5.41) is 26.1. The second-order valence-corrected chi connectivity index (χ2v) is 10.1. The van der Waals surface area contributed by atoms with Gasteiger partial charge in [0.15, 0.2) is 11.7 Å². The molecule has 0 radical (unpaired) electrons. The zero-order chi connectivity index (χ0) is 24.7. The third kappa shape index (κ3) is 4.19. The van der Waals surface area contributed by atoms with E-state index in [0.29, 0.717) is 29.2 Å². The molecular weight excluding hydrogens is 434 g/mol. The summed E-state index contributed by atoms with van der Waals surface area (Å²) in [6, 6.07) is 10.1. The van der Waals surface area contributed by atoms with E-state index in [2.05, 4.69) is 19.2 Å². The first-order valence-corrected chi connectivity index (χ1v) is 11.4. The number of fused-ring (bicyclic) bond motifs is 1. The summed E-state index contributed by atoms with van der Waals surface area (Å²) in [4.78, 5) is 12.8. The van der Waals surface area contributed by atoms with Crippen molar-refractivity contribution in [1.82, 2.24) is 0 Å². The molecule has 0 bridgehead atoms. The van der Waals surface area contributed by atoms with Gasteiger partial charge >= 0.3 is 0 Å². The predicted octanol–water partition coefficient (Wildman–Crippen LogP) is 4.21. The summed E-state index contributed by atoms with van der Waals surface area (Å²) in [7, 11) is 2.90. The Hall–Kier alpha value is -2.87. The van der Waals surface area contributed by atoms with Crippen molar-refractivity contribution in [1.29, 1.82) is 0 Å². The molecule has 1 saturated heterocycles. The van der Waals surface area contributed by atoms with E-state index in [0.717, 1.165) is 12.8 Å². The first kappa shape index (κ1) is 24.3. The Morgan fingerprint density at radius 1 is 1.09 bits per heavy atom. The second kappa shape index (κ2) is 8.73. The van der Waals surface area contributed by atoms with Crippen LogP contribution in [-0.2, 0) is 19.9 Å². The number of anilines is 1. The molecule has 3 atom stereocenters. The van der Waals surface area contributed by atoms with Gasteiger partial charge in [0.25, 0.3) is 5.91 Å². The fourth-order valence-corrected chi connectivity index (χ4v) is 4.66. The Morgan fingerprint density at radius 2 is 1.79 bits per heavy atom. The normalized spacial score (nSPS) is 28.4. The molecule has 7 nitrogen and oxygen atoms in total. The molecule has 2 aliphatic heterocycles. The molecule has 0 unspecified atom stereocenters. The van der Waals surface area contributed by atoms with Crippen LogP contribution in [0.15, 0.2) is 42.5 Å². The Labute approximate surface area is 200 Å². The van der Waals surface area contributed by atoms with Crippen LogP contribution >= 0.6 is 0 Å². The first-order valence-electron chi connectivity index (χ1n) is 11.4. The van der Waals surface area contributed by atoms with Crippen LogP contribution in [-0.4, -0.2) is 48.7 Å². The smallest absolute Gasteiger partial charge is 0.257 e. The van der Waals surface area contributed by atoms with E-state index in [1.165, 1.54) is 7.11 Å². The van der Waals surface area contributed by atoms with E-state index in [9.17, 15) is 15.0 Å². The highest BCUT2D eigenvalue weighted by Crippen LogP contribution is 2.48. The molecule has 1 fully saturated rings. The van der Waals surface area contributed by atoms with Gasteiger partial charge in [-0.05, 0) is 55.0 Å². The number of hydrogen-bond acceptors (Lipinski definition) is 6. The van der Waals surface area contributed by atoms with Crippen LogP contribution in [0.25, 0.3) is 6.08 Å². The summed E-state index contributed by atoms with van der Waals surface area (Å²) in [5.74, 6) is -0.0257. The highest BCUT2D eigenvalue weighted by molar-refractivity contribution is 6.00.